The second kappa shape index (κ2) is 9.38. The van der Waals surface area contributed by atoms with Gasteiger partial charge in [0, 0.05) is 6.54 Å². The van der Waals surface area contributed by atoms with Crippen LogP contribution in [-0.4, -0.2) is 17.7 Å². The number of unbranched alkanes of at least 4 members (excludes halogenated alkanes) is 5. The molecule has 0 bridgehead atoms. The molecule has 2 nitrogen and oxygen atoms in total. The van der Waals surface area contributed by atoms with Crippen molar-refractivity contribution in [1.82, 2.24) is 5.32 Å². The fourth-order valence-electron chi connectivity index (χ4n) is 1.26. The molecule has 1 N–H and O–H groups in total. The van der Waals surface area contributed by atoms with Crippen LogP contribution in [0.1, 0.15) is 52.4 Å². The van der Waals surface area contributed by atoms with Gasteiger partial charge in [-0.15, -0.1) is 0 Å². The molecule has 1 atom stereocenters. The summed E-state index contributed by atoms with van der Waals surface area (Å²) in [5, 5.41) is 2.67. The van der Waals surface area contributed by atoms with E-state index in [1.807, 2.05) is 0 Å². The highest BCUT2D eigenvalue weighted by Gasteiger charge is 2.05. The van der Waals surface area contributed by atoms with Crippen molar-refractivity contribution >= 4 is 18.5 Å². The minimum Gasteiger partial charge on any atom is -0.355 e. The molecule has 0 aromatic rings. The third-order valence-corrected chi connectivity index (χ3v) is 2.44. The van der Waals surface area contributed by atoms with Crippen molar-refractivity contribution in [3.05, 3.63) is 0 Å². The number of amides is 1. The Morgan fingerprint density at radius 3 is 2.36 bits per heavy atom. The average Bonchev–Trinajstić information content (AvgIpc) is 2.16. The van der Waals surface area contributed by atoms with E-state index in [-0.39, 0.29) is 11.2 Å². The maximum absolute atomic E-state index is 11.1. The zero-order valence-electron chi connectivity index (χ0n) is 9.38. The van der Waals surface area contributed by atoms with Crippen molar-refractivity contribution in [3.63, 3.8) is 0 Å². The first-order chi connectivity index (χ1) is 6.68. The highest BCUT2D eigenvalue weighted by Crippen LogP contribution is 2.04. The molecule has 0 rings (SSSR count). The predicted molar refractivity (Wildman–Crippen MR) is 64.8 cm³/mol. The Labute approximate surface area is 93.3 Å². The van der Waals surface area contributed by atoms with Gasteiger partial charge in [-0.05, 0) is 13.3 Å². The summed E-state index contributed by atoms with van der Waals surface area (Å²) in [5.74, 6) is 0.0434. The molecule has 0 fully saturated rings. The van der Waals surface area contributed by atoms with Crippen molar-refractivity contribution < 1.29 is 4.79 Å². The van der Waals surface area contributed by atoms with Crippen LogP contribution in [0.4, 0.5) is 0 Å². The molecule has 0 aromatic carbocycles. The van der Waals surface area contributed by atoms with Gasteiger partial charge < -0.3 is 5.32 Å². The second-order valence-electron chi connectivity index (χ2n) is 3.73. The molecule has 1 unspecified atom stereocenters. The normalized spacial score (nSPS) is 12.5. The van der Waals surface area contributed by atoms with Gasteiger partial charge in [0.15, 0.2) is 0 Å². The molecule has 0 aliphatic rings. The van der Waals surface area contributed by atoms with Crippen LogP contribution in [0, 0.1) is 0 Å². The molecule has 0 saturated heterocycles. The summed E-state index contributed by atoms with van der Waals surface area (Å²) in [6.07, 6.45) is 7.55. The molecule has 0 aliphatic carbocycles. The Kier molecular flexibility index (Phi) is 9.26. The largest absolute Gasteiger partial charge is 0.355 e. The highest BCUT2D eigenvalue weighted by atomic mass is 32.1. The molecule has 0 aromatic heterocycles. The van der Waals surface area contributed by atoms with Gasteiger partial charge in [0.25, 0.3) is 0 Å². The van der Waals surface area contributed by atoms with Crippen LogP contribution in [0.25, 0.3) is 0 Å². The molecule has 0 heterocycles. The minimum absolute atomic E-state index is 0.0434. The number of nitrogens with one attached hydrogen (secondary N) is 1. The maximum atomic E-state index is 11.1. The van der Waals surface area contributed by atoms with Gasteiger partial charge in [0.1, 0.15) is 0 Å². The minimum atomic E-state index is -0.185. The van der Waals surface area contributed by atoms with E-state index in [0.717, 1.165) is 13.0 Å². The summed E-state index contributed by atoms with van der Waals surface area (Å²) in [4.78, 5) is 11.1. The Balaban J connectivity index is 3.10. The fraction of sp³-hybridized carbons (Fsp3) is 0.909. The number of thiol groups is 1. The molecule has 0 spiro atoms. The number of carbonyl (C=O) groups is 1. The van der Waals surface area contributed by atoms with E-state index >= 15 is 0 Å². The zero-order valence-corrected chi connectivity index (χ0v) is 10.3. The number of hydrogen-bond donors (Lipinski definition) is 2. The highest BCUT2D eigenvalue weighted by molar-refractivity contribution is 7.81. The predicted octanol–water partition coefficient (Wildman–Crippen LogP) is 2.78. The van der Waals surface area contributed by atoms with E-state index in [1.165, 1.54) is 32.1 Å². The van der Waals surface area contributed by atoms with E-state index in [4.69, 9.17) is 0 Å². The molecule has 0 radical (unpaired) electrons. The van der Waals surface area contributed by atoms with E-state index in [9.17, 15) is 4.79 Å². The SMILES string of the molecule is CCCCCCCCNC(=O)C(C)S. The van der Waals surface area contributed by atoms with Crippen LogP contribution in [-0.2, 0) is 4.79 Å². The van der Waals surface area contributed by atoms with Gasteiger partial charge >= 0.3 is 0 Å². The third kappa shape index (κ3) is 8.42. The molecule has 14 heavy (non-hydrogen) atoms. The topological polar surface area (TPSA) is 29.1 Å². The first kappa shape index (κ1) is 13.8. The monoisotopic (exact) mass is 217 g/mol. The first-order valence-corrected chi connectivity index (χ1v) is 6.16. The van der Waals surface area contributed by atoms with E-state index in [1.54, 1.807) is 6.92 Å². The fourth-order valence-corrected chi connectivity index (χ4v) is 1.36. The van der Waals surface area contributed by atoms with E-state index in [2.05, 4.69) is 24.9 Å². The summed E-state index contributed by atoms with van der Waals surface area (Å²) in [5.41, 5.74) is 0. The number of carbonyl (C=O) groups excluding carboxylic acids is 1. The van der Waals surface area contributed by atoms with Crippen molar-refractivity contribution in [3.8, 4) is 0 Å². The molecule has 0 saturated carbocycles. The summed E-state index contributed by atoms with van der Waals surface area (Å²) in [7, 11) is 0. The maximum Gasteiger partial charge on any atom is 0.232 e. The van der Waals surface area contributed by atoms with Crippen molar-refractivity contribution in [2.45, 2.75) is 57.6 Å². The van der Waals surface area contributed by atoms with Crippen molar-refractivity contribution in [2.75, 3.05) is 6.54 Å². The van der Waals surface area contributed by atoms with Gasteiger partial charge in [-0.25, -0.2) is 0 Å². The number of rotatable bonds is 8. The van der Waals surface area contributed by atoms with Gasteiger partial charge in [-0.1, -0.05) is 39.0 Å². The Morgan fingerprint density at radius 2 is 1.79 bits per heavy atom. The van der Waals surface area contributed by atoms with Gasteiger partial charge in [-0.3, -0.25) is 4.79 Å². The molecule has 1 amide bonds. The van der Waals surface area contributed by atoms with Crippen LogP contribution >= 0.6 is 12.6 Å². The lowest BCUT2D eigenvalue weighted by molar-refractivity contribution is -0.120. The Morgan fingerprint density at radius 1 is 1.21 bits per heavy atom. The zero-order chi connectivity index (χ0) is 10.8. The van der Waals surface area contributed by atoms with Crippen LogP contribution in [0.5, 0.6) is 0 Å². The lowest BCUT2D eigenvalue weighted by Crippen LogP contribution is -2.30. The van der Waals surface area contributed by atoms with Crippen LogP contribution in [0.3, 0.4) is 0 Å². The van der Waals surface area contributed by atoms with E-state index in [0.29, 0.717) is 0 Å². The standard InChI is InChI=1S/C11H23NOS/c1-3-4-5-6-7-8-9-12-11(13)10(2)14/h10,14H,3-9H2,1-2H3,(H,12,13). The summed E-state index contributed by atoms with van der Waals surface area (Å²) in [6.45, 7) is 4.81. The van der Waals surface area contributed by atoms with Crippen LogP contribution in [0.2, 0.25) is 0 Å². The Hall–Kier alpha value is -0.180. The first-order valence-electron chi connectivity index (χ1n) is 5.64. The van der Waals surface area contributed by atoms with Crippen molar-refractivity contribution in [2.24, 2.45) is 0 Å². The average molecular weight is 217 g/mol. The molecule has 84 valence electrons. The van der Waals surface area contributed by atoms with Gasteiger partial charge in [-0.2, -0.15) is 12.6 Å². The Bertz CT molecular complexity index is 148. The molecule has 0 aliphatic heterocycles. The molecular formula is C11H23NOS. The lowest BCUT2D eigenvalue weighted by Gasteiger charge is -2.06. The molecule has 3 heteroatoms. The van der Waals surface area contributed by atoms with Crippen LogP contribution in [0.15, 0.2) is 0 Å². The smallest absolute Gasteiger partial charge is 0.232 e. The summed E-state index contributed by atoms with van der Waals surface area (Å²) in [6, 6.07) is 0. The third-order valence-electron chi connectivity index (χ3n) is 2.21. The van der Waals surface area contributed by atoms with Crippen LogP contribution < -0.4 is 5.32 Å². The van der Waals surface area contributed by atoms with E-state index < -0.39 is 0 Å². The van der Waals surface area contributed by atoms with Gasteiger partial charge in [0.05, 0.1) is 5.25 Å². The van der Waals surface area contributed by atoms with Gasteiger partial charge in [0.2, 0.25) is 5.91 Å². The summed E-state index contributed by atoms with van der Waals surface area (Å²) >= 11 is 4.05. The number of hydrogen-bond acceptors (Lipinski definition) is 2. The van der Waals surface area contributed by atoms with Crippen molar-refractivity contribution in [1.29, 1.82) is 0 Å². The molecular weight excluding hydrogens is 194 g/mol. The second-order valence-corrected chi connectivity index (χ2v) is 4.51. The summed E-state index contributed by atoms with van der Waals surface area (Å²) < 4.78 is 0. The lowest BCUT2D eigenvalue weighted by atomic mass is 10.1. The quantitative estimate of drug-likeness (QED) is 0.475.